The predicted molar refractivity (Wildman–Crippen MR) is 79.4 cm³/mol. The molecule has 1 fully saturated rings. The molecule has 0 radical (unpaired) electrons. The molecule has 0 aromatic carbocycles. The van der Waals surface area contributed by atoms with Crippen molar-refractivity contribution < 1.29 is 8.42 Å². The van der Waals surface area contributed by atoms with Crippen molar-refractivity contribution in [2.24, 2.45) is 5.92 Å². The van der Waals surface area contributed by atoms with Crippen molar-refractivity contribution in [3.05, 3.63) is 17.6 Å². The first-order valence-electron chi connectivity index (χ1n) is 6.99. The number of thiol groups is 1. The summed E-state index contributed by atoms with van der Waals surface area (Å²) in [6.45, 7) is 6.57. The van der Waals surface area contributed by atoms with Crippen LogP contribution in [0.5, 0.6) is 0 Å². The van der Waals surface area contributed by atoms with E-state index in [1.54, 1.807) is 6.33 Å². The molecule has 0 atom stereocenters. The van der Waals surface area contributed by atoms with Crippen molar-refractivity contribution in [3.8, 4) is 0 Å². The summed E-state index contributed by atoms with van der Waals surface area (Å²) in [5, 5.41) is 0. The largest absolute Gasteiger partial charge is 0.356 e. The number of aromatic nitrogens is 2. The minimum Gasteiger partial charge on any atom is -0.356 e. The molecule has 1 aromatic heterocycles. The van der Waals surface area contributed by atoms with Crippen LogP contribution in [0.25, 0.3) is 0 Å². The Kier molecular flexibility index (Phi) is 5.31. The van der Waals surface area contributed by atoms with E-state index >= 15 is 0 Å². The van der Waals surface area contributed by atoms with Gasteiger partial charge in [0, 0.05) is 30.9 Å². The Morgan fingerprint density at radius 2 is 2.00 bits per heavy atom. The zero-order valence-electron chi connectivity index (χ0n) is 12.0. The predicted octanol–water partition coefficient (Wildman–Crippen LogP) is 0.816. The van der Waals surface area contributed by atoms with E-state index in [9.17, 15) is 8.42 Å². The van der Waals surface area contributed by atoms with E-state index in [1.807, 2.05) is 6.92 Å². The van der Waals surface area contributed by atoms with Crippen LogP contribution in [-0.2, 0) is 10.9 Å². The minimum atomic E-state index is -2.46. The van der Waals surface area contributed by atoms with E-state index in [2.05, 4.69) is 26.5 Å². The molecule has 0 bridgehead atoms. The van der Waals surface area contributed by atoms with Gasteiger partial charge >= 0.3 is 0 Å². The zero-order valence-corrected chi connectivity index (χ0v) is 12.9. The van der Waals surface area contributed by atoms with Crippen molar-refractivity contribution in [1.29, 1.82) is 0 Å². The number of hydrogen-bond acceptors (Lipinski definition) is 5. The summed E-state index contributed by atoms with van der Waals surface area (Å²) in [6.07, 6.45) is 4.71. The molecular formula is C13H22N4O2S. The Labute approximate surface area is 121 Å². The topological polar surface area (TPSA) is 75.2 Å². The molecule has 0 unspecified atom stereocenters. The maximum absolute atomic E-state index is 10.5. The highest BCUT2D eigenvalue weighted by molar-refractivity contribution is 7.70. The van der Waals surface area contributed by atoms with Crippen LogP contribution < -0.4 is 9.62 Å². The lowest BCUT2D eigenvalue weighted by Gasteiger charge is -2.33. The lowest BCUT2D eigenvalue weighted by Crippen LogP contribution is -2.35. The highest BCUT2D eigenvalue weighted by Gasteiger charge is 2.21. The third kappa shape index (κ3) is 3.89. The van der Waals surface area contributed by atoms with Gasteiger partial charge in [0.2, 0.25) is 10.9 Å². The molecule has 7 heteroatoms. The van der Waals surface area contributed by atoms with E-state index in [4.69, 9.17) is 0 Å². The summed E-state index contributed by atoms with van der Waals surface area (Å²) in [5.41, 5.74) is 2.18. The third-order valence-electron chi connectivity index (χ3n) is 4.02. The monoisotopic (exact) mass is 298 g/mol. The molecule has 20 heavy (non-hydrogen) atoms. The van der Waals surface area contributed by atoms with Gasteiger partial charge in [0.25, 0.3) is 0 Å². The molecule has 1 aliphatic heterocycles. The molecule has 0 amide bonds. The van der Waals surface area contributed by atoms with Crippen molar-refractivity contribution >= 4 is 16.7 Å². The zero-order chi connectivity index (χ0) is 14.5. The fraction of sp³-hybridized carbons (Fsp3) is 0.692. The second-order valence-electron chi connectivity index (χ2n) is 5.29. The Morgan fingerprint density at radius 1 is 1.30 bits per heavy atom. The summed E-state index contributed by atoms with van der Waals surface area (Å²) in [7, 11) is -2.46. The molecule has 0 aliphatic carbocycles. The Balaban J connectivity index is 1.86. The van der Waals surface area contributed by atoms with E-state index in [1.165, 1.54) is 0 Å². The number of nitrogens with zero attached hydrogens (tertiary/aromatic N) is 3. The first-order chi connectivity index (χ1) is 9.58. The highest BCUT2D eigenvalue weighted by Crippen LogP contribution is 2.26. The molecule has 1 saturated heterocycles. The van der Waals surface area contributed by atoms with E-state index < -0.39 is 10.9 Å². The summed E-state index contributed by atoms with van der Waals surface area (Å²) < 4.78 is 23.4. The van der Waals surface area contributed by atoms with Crippen LogP contribution in [0, 0.1) is 19.8 Å². The van der Waals surface area contributed by atoms with E-state index in [0.717, 1.165) is 49.4 Å². The van der Waals surface area contributed by atoms with Gasteiger partial charge in [0.1, 0.15) is 12.1 Å². The first kappa shape index (κ1) is 15.2. The molecular weight excluding hydrogens is 276 g/mol. The van der Waals surface area contributed by atoms with Crippen molar-refractivity contribution in [2.45, 2.75) is 33.1 Å². The van der Waals surface area contributed by atoms with Crippen LogP contribution in [-0.4, -0.2) is 38.0 Å². The maximum atomic E-state index is 10.5. The number of piperidine rings is 1. The van der Waals surface area contributed by atoms with Gasteiger partial charge in [-0.1, -0.05) is 0 Å². The molecule has 2 heterocycles. The van der Waals surface area contributed by atoms with Crippen LogP contribution in [0.2, 0.25) is 0 Å². The molecule has 2 rings (SSSR count). The second-order valence-corrected chi connectivity index (χ2v) is 6.12. The third-order valence-corrected chi connectivity index (χ3v) is 4.50. The fourth-order valence-electron chi connectivity index (χ4n) is 2.64. The number of rotatable bonds is 5. The Hall–Kier alpha value is -1.21. The Bertz CT molecular complexity index is 517. The molecule has 112 valence electrons. The SMILES string of the molecule is Cc1ncnc(N2CCC(CCN[SH](=O)=O)CC2)c1C. The summed E-state index contributed by atoms with van der Waals surface area (Å²) >= 11 is 0. The number of anilines is 1. The van der Waals surface area contributed by atoms with Gasteiger partial charge in [-0.3, -0.25) is 0 Å². The van der Waals surface area contributed by atoms with Gasteiger partial charge in [0.15, 0.2) is 0 Å². The molecule has 1 aliphatic rings. The number of hydrogen-bond donors (Lipinski definition) is 2. The van der Waals surface area contributed by atoms with Gasteiger partial charge in [0.05, 0.1) is 0 Å². The van der Waals surface area contributed by atoms with E-state index in [-0.39, 0.29) is 0 Å². The van der Waals surface area contributed by atoms with Gasteiger partial charge in [-0.2, -0.15) is 0 Å². The summed E-state index contributed by atoms with van der Waals surface area (Å²) in [4.78, 5) is 10.9. The first-order valence-corrected chi connectivity index (χ1v) is 8.16. The smallest absolute Gasteiger partial charge is 0.201 e. The molecule has 0 saturated carbocycles. The molecule has 1 N–H and O–H groups in total. The molecule has 0 spiro atoms. The number of aryl methyl sites for hydroxylation is 1. The quantitative estimate of drug-likeness (QED) is 0.787. The summed E-state index contributed by atoms with van der Waals surface area (Å²) in [5.74, 6) is 1.63. The second kappa shape index (κ2) is 6.99. The number of nitrogens with one attached hydrogen (secondary N) is 1. The van der Waals surface area contributed by atoms with Crippen LogP contribution in [0.4, 0.5) is 5.82 Å². The van der Waals surface area contributed by atoms with Crippen LogP contribution in [0.15, 0.2) is 6.33 Å². The normalized spacial score (nSPS) is 16.9. The summed E-state index contributed by atoms with van der Waals surface area (Å²) in [6, 6.07) is 0. The van der Waals surface area contributed by atoms with Gasteiger partial charge < -0.3 is 4.90 Å². The van der Waals surface area contributed by atoms with Crippen LogP contribution >= 0.6 is 0 Å². The van der Waals surface area contributed by atoms with Gasteiger partial charge in [-0.15, -0.1) is 0 Å². The van der Waals surface area contributed by atoms with Crippen LogP contribution in [0.1, 0.15) is 30.5 Å². The average Bonchev–Trinajstić information content (AvgIpc) is 2.42. The van der Waals surface area contributed by atoms with Gasteiger partial charge in [-0.05, 0) is 39.0 Å². The lowest BCUT2D eigenvalue weighted by atomic mass is 9.93. The molecule has 1 aromatic rings. The lowest BCUT2D eigenvalue weighted by molar-refractivity contribution is 0.380. The van der Waals surface area contributed by atoms with Crippen molar-refractivity contribution in [1.82, 2.24) is 14.7 Å². The molecule has 6 nitrogen and oxygen atoms in total. The van der Waals surface area contributed by atoms with Crippen LogP contribution in [0.3, 0.4) is 0 Å². The van der Waals surface area contributed by atoms with E-state index in [0.29, 0.717) is 12.5 Å². The minimum absolute atomic E-state index is 0.551. The van der Waals surface area contributed by atoms with Crippen molar-refractivity contribution in [3.63, 3.8) is 0 Å². The fourth-order valence-corrected chi connectivity index (χ4v) is 2.95. The van der Waals surface area contributed by atoms with Gasteiger partial charge in [-0.25, -0.2) is 23.1 Å². The maximum Gasteiger partial charge on any atom is 0.201 e. The standard InChI is InChI=1S/C13H22N4O2S/c1-10-11(2)14-9-15-13(10)17-7-4-12(5-8-17)3-6-16-20(18)19/h9,12,20H,3-8H2,1-2H3,(H,16,18,19). The Morgan fingerprint density at radius 3 is 2.65 bits per heavy atom. The van der Waals surface area contributed by atoms with Crippen molar-refractivity contribution in [2.75, 3.05) is 24.5 Å². The highest BCUT2D eigenvalue weighted by atomic mass is 32.2. The average molecular weight is 298 g/mol.